The molecule has 8 heteroatoms. The summed E-state index contributed by atoms with van der Waals surface area (Å²) in [5.41, 5.74) is 1.12. The van der Waals surface area contributed by atoms with E-state index in [0.717, 1.165) is 24.6 Å². The van der Waals surface area contributed by atoms with Crippen molar-refractivity contribution in [3.8, 4) is 11.4 Å². The summed E-state index contributed by atoms with van der Waals surface area (Å²) in [5.74, 6) is -0.955. The molecule has 3 aromatic rings. The summed E-state index contributed by atoms with van der Waals surface area (Å²) in [5, 5.41) is 14.8. The zero-order valence-corrected chi connectivity index (χ0v) is 19.3. The largest absolute Gasteiger partial charge is 0.458 e. The highest BCUT2D eigenvalue weighted by atomic mass is 16.6. The van der Waals surface area contributed by atoms with Gasteiger partial charge in [-0.25, -0.2) is 9.78 Å². The van der Waals surface area contributed by atoms with Gasteiger partial charge in [-0.2, -0.15) is 0 Å². The van der Waals surface area contributed by atoms with Crippen molar-refractivity contribution in [2.75, 3.05) is 6.54 Å². The maximum Gasteiger partial charge on any atom is 0.343 e. The Bertz CT molecular complexity index is 1390. The summed E-state index contributed by atoms with van der Waals surface area (Å²) in [6.45, 7) is 4.35. The van der Waals surface area contributed by atoms with E-state index in [1.807, 2.05) is 24.3 Å². The minimum Gasteiger partial charge on any atom is -0.458 e. The Morgan fingerprint density at radius 2 is 2.00 bits per heavy atom. The first-order valence-electron chi connectivity index (χ1n) is 11.8. The van der Waals surface area contributed by atoms with E-state index in [4.69, 9.17) is 9.72 Å². The van der Waals surface area contributed by atoms with Crippen molar-refractivity contribution in [1.82, 2.24) is 14.9 Å². The molecule has 1 amide bonds. The maximum atomic E-state index is 13.4. The van der Waals surface area contributed by atoms with Gasteiger partial charge in [0.05, 0.1) is 34.6 Å². The summed E-state index contributed by atoms with van der Waals surface area (Å²) >= 11 is 0. The fourth-order valence-electron chi connectivity index (χ4n) is 4.95. The SMILES string of the molecule is CCCCCNC(=O)c1c2c(nc3ccccc13)-c1cc3c(c(=O)n1C2)COC(=O)[C@]3(O)CC. The Morgan fingerprint density at radius 1 is 1.21 bits per heavy atom. The van der Waals surface area contributed by atoms with Crippen molar-refractivity contribution in [3.63, 3.8) is 0 Å². The molecule has 2 aliphatic heterocycles. The lowest BCUT2D eigenvalue weighted by Crippen LogP contribution is -2.44. The van der Waals surface area contributed by atoms with Crippen LogP contribution in [-0.2, 0) is 28.3 Å². The molecular formula is C26H27N3O5. The van der Waals surface area contributed by atoms with Gasteiger partial charge in [0.1, 0.15) is 6.61 Å². The molecule has 4 heterocycles. The van der Waals surface area contributed by atoms with Crippen molar-refractivity contribution in [2.24, 2.45) is 0 Å². The highest BCUT2D eigenvalue weighted by Gasteiger charge is 2.45. The third kappa shape index (κ3) is 3.24. The number of cyclic esters (lactones) is 1. The van der Waals surface area contributed by atoms with Crippen LogP contribution in [0, 0.1) is 0 Å². The average molecular weight is 462 g/mol. The number of aromatic nitrogens is 2. The van der Waals surface area contributed by atoms with Gasteiger partial charge in [-0.05, 0) is 25.0 Å². The molecule has 2 aromatic heterocycles. The van der Waals surface area contributed by atoms with Crippen LogP contribution in [0.15, 0.2) is 35.1 Å². The van der Waals surface area contributed by atoms with Crippen LogP contribution in [0.4, 0.5) is 0 Å². The highest BCUT2D eigenvalue weighted by molar-refractivity contribution is 6.09. The second-order valence-electron chi connectivity index (χ2n) is 8.90. The molecule has 0 saturated carbocycles. The predicted molar refractivity (Wildman–Crippen MR) is 126 cm³/mol. The Hall–Kier alpha value is -3.52. The van der Waals surface area contributed by atoms with E-state index >= 15 is 0 Å². The number of nitrogens with zero attached hydrogens (tertiary/aromatic N) is 2. The smallest absolute Gasteiger partial charge is 0.343 e. The number of benzene rings is 1. The van der Waals surface area contributed by atoms with Crippen molar-refractivity contribution in [2.45, 2.75) is 58.3 Å². The number of amides is 1. The number of nitrogens with one attached hydrogen (secondary N) is 1. The van der Waals surface area contributed by atoms with Crippen molar-refractivity contribution < 1.29 is 19.4 Å². The van der Waals surface area contributed by atoms with Crippen molar-refractivity contribution in [1.29, 1.82) is 0 Å². The number of aliphatic hydroxyl groups is 1. The van der Waals surface area contributed by atoms with E-state index in [-0.39, 0.29) is 42.2 Å². The third-order valence-corrected chi connectivity index (χ3v) is 6.89. The molecule has 0 unspecified atom stereocenters. The molecule has 1 aromatic carbocycles. The Labute approximate surface area is 196 Å². The normalized spacial score (nSPS) is 18.3. The summed E-state index contributed by atoms with van der Waals surface area (Å²) in [7, 11) is 0. The number of hydrogen-bond donors (Lipinski definition) is 2. The van der Waals surface area contributed by atoms with E-state index in [1.165, 1.54) is 0 Å². The lowest BCUT2D eigenvalue weighted by molar-refractivity contribution is -0.172. The first-order chi connectivity index (χ1) is 16.4. The summed E-state index contributed by atoms with van der Waals surface area (Å²) in [6.07, 6.45) is 3.06. The van der Waals surface area contributed by atoms with E-state index in [2.05, 4.69) is 12.2 Å². The van der Waals surface area contributed by atoms with Gasteiger partial charge >= 0.3 is 5.97 Å². The van der Waals surface area contributed by atoms with Gasteiger partial charge in [0, 0.05) is 23.1 Å². The lowest BCUT2D eigenvalue weighted by Gasteiger charge is -2.31. The van der Waals surface area contributed by atoms with Gasteiger partial charge in [-0.15, -0.1) is 0 Å². The molecule has 0 fully saturated rings. The monoisotopic (exact) mass is 461 g/mol. The number of unbranched alkanes of at least 4 members (excludes halogenated alkanes) is 2. The van der Waals surface area contributed by atoms with E-state index < -0.39 is 11.6 Å². The number of ether oxygens (including phenoxy) is 1. The second-order valence-corrected chi connectivity index (χ2v) is 8.90. The average Bonchev–Trinajstić information content (AvgIpc) is 3.21. The minimum absolute atomic E-state index is 0.0746. The molecule has 5 rings (SSSR count). The number of para-hydroxylation sites is 1. The number of carbonyl (C=O) groups excluding carboxylic acids is 2. The quantitative estimate of drug-likeness (QED) is 0.337. The third-order valence-electron chi connectivity index (χ3n) is 6.89. The molecule has 0 radical (unpaired) electrons. The fraction of sp³-hybridized carbons (Fsp3) is 0.385. The number of rotatable bonds is 6. The van der Waals surface area contributed by atoms with Crippen molar-refractivity contribution in [3.05, 3.63) is 62.9 Å². The van der Waals surface area contributed by atoms with Crippen LogP contribution < -0.4 is 10.9 Å². The van der Waals surface area contributed by atoms with Crippen LogP contribution in [0.1, 0.15) is 66.6 Å². The molecule has 0 spiro atoms. The standard InChI is InChI=1S/C26H27N3O5/c1-3-5-8-11-27-23(30)21-15-9-6-7-10-19(15)28-22-16(21)13-29-20(22)12-18-17(24(29)31)14-34-25(32)26(18,33)4-2/h6-7,9-10,12,33H,3-5,8,11,13-14H2,1-2H3,(H,27,30)/t26-/m0/s1. The van der Waals surface area contributed by atoms with E-state index in [1.54, 1.807) is 17.6 Å². The summed E-state index contributed by atoms with van der Waals surface area (Å²) in [4.78, 5) is 43.9. The molecular weight excluding hydrogens is 434 g/mol. The number of fused-ring (bicyclic) bond motifs is 5. The van der Waals surface area contributed by atoms with E-state index in [9.17, 15) is 19.5 Å². The van der Waals surface area contributed by atoms with Gasteiger partial charge in [0.15, 0.2) is 5.60 Å². The number of carbonyl (C=O) groups is 2. The van der Waals surface area contributed by atoms with Gasteiger partial charge in [-0.1, -0.05) is 44.9 Å². The Morgan fingerprint density at radius 3 is 2.76 bits per heavy atom. The van der Waals surface area contributed by atoms with Crippen LogP contribution in [0.25, 0.3) is 22.3 Å². The molecule has 8 nitrogen and oxygen atoms in total. The van der Waals surface area contributed by atoms with Crippen LogP contribution in [0.3, 0.4) is 0 Å². The summed E-state index contributed by atoms with van der Waals surface area (Å²) in [6, 6.07) is 9.08. The van der Waals surface area contributed by atoms with Gasteiger partial charge in [0.2, 0.25) is 0 Å². The fourth-order valence-corrected chi connectivity index (χ4v) is 4.95. The second kappa shape index (κ2) is 8.36. The molecule has 1 atom stereocenters. The van der Waals surface area contributed by atoms with Gasteiger partial charge < -0.3 is 19.7 Å². The van der Waals surface area contributed by atoms with E-state index in [0.29, 0.717) is 34.6 Å². The molecule has 0 aliphatic carbocycles. The van der Waals surface area contributed by atoms with Crippen LogP contribution >= 0.6 is 0 Å². The topological polar surface area (TPSA) is 111 Å². The number of pyridine rings is 2. The first-order valence-corrected chi connectivity index (χ1v) is 11.8. The Balaban J connectivity index is 1.70. The van der Waals surface area contributed by atoms with Crippen molar-refractivity contribution >= 4 is 22.8 Å². The Kier molecular flexibility index (Phi) is 5.48. The van der Waals surface area contributed by atoms with Gasteiger partial charge in [-0.3, -0.25) is 9.59 Å². The first kappa shape index (κ1) is 22.3. The molecule has 34 heavy (non-hydrogen) atoms. The van der Waals surface area contributed by atoms with Crippen LogP contribution in [-0.4, -0.2) is 33.1 Å². The van der Waals surface area contributed by atoms with Crippen LogP contribution in [0.2, 0.25) is 0 Å². The lowest BCUT2D eigenvalue weighted by atomic mass is 9.86. The molecule has 2 N–H and O–H groups in total. The molecule has 2 aliphatic rings. The molecule has 0 saturated heterocycles. The minimum atomic E-state index is -1.89. The van der Waals surface area contributed by atoms with Crippen LogP contribution in [0.5, 0.6) is 0 Å². The maximum absolute atomic E-state index is 13.4. The molecule has 176 valence electrons. The van der Waals surface area contributed by atoms with Gasteiger partial charge in [0.25, 0.3) is 11.5 Å². The zero-order valence-electron chi connectivity index (χ0n) is 19.3. The summed E-state index contributed by atoms with van der Waals surface area (Å²) < 4.78 is 6.69. The predicted octanol–water partition coefficient (Wildman–Crippen LogP) is 3.00. The number of hydrogen-bond acceptors (Lipinski definition) is 6. The molecule has 0 bridgehead atoms. The highest BCUT2D eigenvalue weighted by Crippen LogP contribution is 2.40. The number of esters is 1. The zero-order chi connectivity index (χ0) is 24.0.